The number of hydrogen-bond acceptors (Lipinski definition) is 6. The van der Waals surface area contributed by atoms with E-state index in [9.17, 15) is 29.6 Å². The maximum Gasteiger partial charge on any atom is 0.300 e. The number of nitro groups is 1. The van der Waals surface area contributed by atoms with Crippen molar-refractivity contribution in [1.29, 1.82) is 0 Å². The molecule has 1 aliphatic rings. The maximum absolute atomic E-state index is 13.1. The smallest absolute Gasteiger partial charge is 0.300 e. The molecule has 3 aromatic rings. The average molecular weight is 457 g/mol. The molecule has 0 aromatic heterocycles. The zero-order chi connectivity index (χ0) is 24.4. The molecule has 1 unspecified atom stereocenters. The second-order valence-corrected chi connectivity index (χ2v) is 7.62. The predicted molar refractivity (Wildman–Crippen MR) is 125 cm³/mol. The lowest BCUT2D eigenvalue weighted by Crippen LogP contribution is -2.29. The number of nitrogens with one attached hydrogen (secondary N) is 1. The monoisotopic (exact) mass is 457 g/mol. The van der Waals surface area contributed by atoms with Crippen LogP contribution >= 0.6 is 0 Å². The van der Waals surface area contributed by atoms with Crippen molar-refractivity contribution in [3.8, 4) is 0 Å². The molecule has 1 heterocycles. The number of aliphatic hydroxyl groups is 1. The van der Waals surface area contributed by atoms with Gasteiger partial charge in [0, 0.05) is 36.0 Å². The van der Waals surface area contributed by atoms with Crippen molar-refractivity contribution in [3.05, 3.63) is 106 Å². The lowest BCUT2D eigenvalue weighted by molar-refractivity contribution is -0.384. The summed E-state index contributed by atoms with van der Waals surface area (Å²) < 4.78 is 0. The highest BCUT2D eigenvalue weighted by atomic mass is 16.6. The van der Waals surface area contributed by atoms with Gasteiger partial charge in [0.25, 0.3) is 17.4 Å². The lowest BCUT2D eigenvalue weighted by atomic mass is 9.95. The zero-order valence-electron chi connectivity index (χ0n) is 18.0. The van der Waals surface area contributed by atoms with Gasteiger partial charge in [0.2, 0.25) is 5.91 Å². The Kier molecular flexibility index (Phi) is 5.92. The number of ketones is 1. The average Bonchev–Trinajstić information content (AvgIpc) is 3.10. The summed E-state index contributed by atoms with van der Waals surface area (Å²) in [5.74, 6) is -2.45. The summed E-state index contributed by atoms with van der Waals surface area (Å²) in [6, 6.07) is 19.0. The third-order valence-corrected chi connectivity index (χ3v) is 5.35. The van der Waals surface area contributed by atoms with Gasteiger partial charge in [0.15, 0.2) is 0 Å². The number of aliphatic hydroxyl groups excluding tert-OH is 1. The number of non-ortho nitro benzene ring substituents is 1. The summed E-state index contributed by atoms with van der Waals surface area (Å²) >= 11 is 0. The molecule has 0 radical (unpaired) electrons. The van der Waals surface area contributed by atoms with Crippen LogP contribution in [0.4, 0.5) is 17.1 Å². The van der Waals surface area contributed by atoms with E-state index in [2.05, 4.69) is 5.32 Å². The van der Waals surface area contributed by atoms with Crippen molar-refractivity contribution in [2.24, 2.45) is 0 Å². The fraction of sp³-hybridized carbons (Fsp3) is 0.0800. The SMILES string of the molecule is CC(=O)Nc1ccc(N2C(=O)C(=O)C(=C(O)c3ccccc3)C2c2cccc([N+](=O)[O-])c2)cc1. The predicted octanol–water partition coefficient (Wildman–Crippen LogP) is 4.18. The normalized spacial score (nSPS) is 17.0. The van der Waals surface area contributed by atoms with E-state index in [-0.39, 0.29) is 28.5 Å². The molecule has 1 atom stereocenters. The molecule has 1 saturated heterocycles. The minimum atomic E-state index is -1.10. The van der Waals surface area contributed by atoms with E-state index in [4.69, 9.17) is 0 Å². The van der Waals surface area contributed by atoms with Gasteiger partial charge >= 0.3 is 0 Å². The molecule has 170 valence electrons. The van der Waals surface area contributed by atoms with Crippen LogP contribution in [0.3, 0.4) is 0 Å². The fourth-order valence-corrected chi connectivity index (χ4v) is 3.88. The van der Waals surface area contributed by atoms with Crippen LogP contribution in [0, 0.1) is 10.1 Å². The van der Waals surface area contributed by atoms with E-state index < -0.39 is 22.7 Å². The largest absolute Gasteiger partial charge is 0.507 e. The van der Waals surface area contributed by atoms with Gasteiger partial charge in [-0.3, -0.25) is 29.4 Å². The Hall–Kier alpha value is -4.79. The van der Waals surface area contributed by atoms with Gasteiger partial charge in [-0.25, -0.2) is 0 Å². The molecular formula is C25H19N3O6. The first kappa shape index (κ1) is 22.4. The summed E-state index contributed by atoms with van der Waals surface area (Å²) in [5, 5.41) is 25.0. The summed E-state index contributed by atoms with van der Waals surface area (Å²) in [4.78, 5) is 49.6. The third kappa shape index (κ3) is 4.14. The first-order valence-electron chi connectivity index (χ1n) is 10.3. The van der Waals surface area contributed by atoms with Crippen molar-refractivity contribution in [3.63, 3.8) is 0 Å². The molecule has 9 heteroatoms. The summed E-state index contributed by atoms with van der Waals surface area (Å²) in [6.45, 7) is 1.36. The molecule has 2 amide bonds. The molecule has 0 bridgehead atoms. The number of hydrogen-bond donors (Lipinski definition) is 2. The first-order valence-corrected chi connectivity index (χ1v) is 10.3. The van der Waals surface area contributed by atoms with E-state index in [0.717, 1.165) is 0 Å². The second kappa shape index (κ2) is 8.99. The van der Waals surface area contributed by atoms with E-state index in [1.807, 2.05) is 0 Å². The van der Waals surface area contributed by atoms with Gasteiger partial charge in [0.05, 0.1) is 16.5 Å². The topological polar surface area (TPSA) is 130 Å². The van der Waals surface area contributed by atoms with Gasteiger partial charge in [-0.2, -0.15) is 0 Å². The molecule has 4 rings (SSSR count). The quantitative estimate of drug-likeness (QED) is 0.194. The number of rotatable bonds is 5. The summed E-state index contributed by atoms with van der Waals surface area (Å²) in [6.07, 6.45) is 0. The second-order valence-electron chi connectivity index (χ2n) is 7.62. The van der Waals surface area contributed by atoms with Gasteiger partial charge in [-0.1, -0.05) is 42.5 Å². The summed E-state index contributed by atoms with van der Waals surface area (Å²) in [7, 11) is 0. The van der Waals surface area contributed by atoms with Crippen molar-refractivity contribution >= 4 is 40.4 Å². The third-order valence-electron chi connectivity index (χ3n) is 5.35. The van der Waals surface area contributed by atoms with Crippen molar-refractivity contribution < 1.29 is 24.4 Å². The number of nitro benzene ring substituents is 1. The van der Waals surface area contributed by atoms with Gasteiger partial charge in [-0.15, -0.1) is 0 Å². The highest BCUT2D eigenvalue weighted by molar-refractivity contribution is 6.51. The van der Waals surface area contributed by atoms with Gasteiger partial charge < -0.3 is 10.4 Å². The van der Waals surface area contributed by atoms with Crippen LogP contribution < -0.4 is 10.2 Å². The van der Waals surface area contributed by atoms with Crippen LogP contribution in [-0.4, -0.2) is 27.6 Å². The Balaban J connectivity index is 1.90. The van der Waals surface area contributed by atoms with Gasteiger partial charge in [0.1, 0.15) is 5.76 Å². The number of nitrogens with zero attached hydrogens (tertiary/aromatic N) is 2. The Labute approximate surface area is 194 Å². The standard InChI is InChI=1S/C25H19N3O6/c1-15(29)26-18-10-12-19(13-11-18)27-22(17-8-5-9-20(14-17)28(33)34)21(24(31)25(27)32)23(30)16-6-3-2-4-7-16/h2-14,22,30H,1H3,(H,26,29). The number of benzene rings is 3. The highest BCUT2D eigenvalue weighted by Crippen LogP contribution is 2.43. The van der Waals surface area contributed by atoms with Gasteiger partial charge in [-0.05, 0) is 29.8 Å². The molecule has 9 nitrogen and oxygen atoms in total. The Morgan fingerprint density at radius 1 is 1.00 bits per heavy atom. The van der Waals surface area contributed by atoms with E-state index in [1.54, 1.807) is 60.7 Å². The number of anilines is 2. The minimum Gasteiger partial charge on any atom is -0.507 e. The van der Waals surface area contributed by atoms with Crippen LogP contribution in [0.25, 0.3) is 5.76 Å². The van der Waals surface area contributed by atoms with E-state index in [0.29, 0.717) is 16.9 Å². The molecule has 3 aromatic carbocycles. The van der Waals surface area contributed by atoms with E-state index >= 15 is 0 Å². The molecular weight excluding hydrogens is 438 g/mol. The first-order chi connectivity index (χ1) is 16.3. The molecule has 0 spiro atoms. The van der Waals surface area contributed by atoms with Crippen LogP contribution in [0.2, 0.25) is 0 Å². The van der Waals surface area contributed by atoms with Crippen molar-refractivity contribution in [2.75, 3.05) is 10.2 Å². The zero-order valence-corrected chi connectivity index (χ0v) is 18.0. The fourth-order valence-electron chi connectivity index (χ4n) is 3.88. The molecule has 1 fully saturated rings. The van der Waals surface area contributed by atoms with Crippen LogP contribution in [-0.2, 0) is 14.4 Å². The molecule has 1 aliphatic heterocycles. The van der Waals surface area contributed by atoms with Crippen LogP contribution in [0.5, 0.6) is 0 Å². The number of amides is 2. The lowest BCUT2D eigenvalue weighted by Gasteiger charge is -2.25. The van der Waals surface area contributed by atoms with E-state index in [1.165, 1.54) is 30.0 Å². The molecule has 2 N–H and O–H groups in total. The number of carbonyl (C=O) groups excluding carboxylic acids is 3. The molecule has 0 aliphatic carbocycles. The van der Waals surface area contributed by atoms with Crippen molar-refractivity contribution in [2.45, 2.75) is 13.0 Å². The number of Topliss-reactive ketones (excluding diaryl/α,β-unsaturated/α-hetero) is 1. The maximum atomic E-state index is 13.1. The Bertz CT molecular complexity index is 1330. The minimum absolute atomic E-state index is 0.178. The molecule has 0 saturated carbocycles. The Morgan fingerprint density at radius 3 is 2.29 bits per heavy atom. The summed E-state index contributed by atoms with van der Waals surface area (Å²) in [5.41, 5.74) is 1.03. The molecule has 34 heavy (non-hydrogen) atoms. The van der Waals surface area contributed by atoms with Crippen molar-refractivity contribution in [1.82, 2.24) is 0 Å². The Morgan fingerprint density at radius 2 is 1.68 bits per heavy atom. The van der Waals surface area contributed by atoms with Crippen LogP contribution in [0.15, 0.2) is 84.4 Å². The number of carbonyl (C=O) groups is 3. The highest BCUT2D eigenvalue weighted by Gasteiger charge is 2.47. The van der Waals surface area contributed by atoms with Crippen LogP contribution in [0.1, 0.15) is 24.1 Å².